The van der Waals surface area contributed by atoms with Gasteiger partial charge in [0.2, 0.25) is 0 Å². The molecule has 0 heterocycles. The van der Waals surface area contributed by atoms with Crippen LogP contribution in [0.5, 0.6) is 5.75 Å². The van der Waals surface area contributed by atoms with Crippen molar-refractivity contribution >= 4 is 8.56 Å². The van der Waals surface area contributed by atoms with Crippen LogP contribution < -0.4 is 4.43 Å². The highest BCUT2D eigenvalue weighted by atomic mass is 28.4. The van der Waals surface area contributed by atoms with Gasteiger partial charge in [-0.15, -0.1) is 0 Å². The third-order valence-corrected chi connectivity index (χ3v) is 4.18. The molecule has 17 heavy (non-hydrogen) atoms. The van der Waals surface area contributed by atoms with Crippen molar-refractivity contribution in [1.29, 1.82) is 0 Å². The molecule has 2 nitrogen and oxygen atoms in total. The van der Waals surface area contributed by atoms with E-state index in [1.165, 1.54) is 18.4 Å². The summed E-state index contributed by atoms with van der Waals surface area (Å²) < 4.78 is 11.9. The predicted molar refractivity (Wildman–Crippen MR) is 74.8 cm³/mol. The van der Waals surface area contributed by atoms with Gasteiger partial charge in [-0.3, -0.25) is 0 Å². The third kappa shape index (κ3) is 5.89. The zero-order valence-corrected chi connectivity index (χ0v) is 12.5. The molecule has 0 aliphatic carbocycles. The topological polar surface area (TPSA) is 18.5 Å². The highest BCUT2D eigenvalue weighted by molar-refractivity contribution is 6.65. The van der Waals surface area contributed by atoms with E-state index in [-0.39, 0.29) is 0 Å². The Hall–Kier alpha value is -0.803. The fraction of sp³-hybridized carbons (Fsp3) is 0.571. The minimum absolute atomic E-state index is 0.818. The Labute approximate surface area is 106 Å². The van der Waals surface area contributed by atoms with E-state index in [0.29, 0.717) is 0 Å². The van der Waals surface area contributed by atoms with Crippen molar-refractivity contribution in [3.05, 3.63) is 29.8 Å². The molecule has 0 aliphatic heterocycles. The average molecular weight is 252 g/mol. The maximum atomic E-state index is 5.98. The predicted octanol–water partition coefficient (Wildman–Crippen LogP) is 4.28. The summed E-state index contributed by atoms with van der Waals surface area (Å²) in [5.74, 6) is 0.928. The molecule has 0 amide bonds. The van der Waals surface area contributed by atoms with E-state index in [1.54, 1.807) is 0 Å². The number of hydrogen-bond acceptors (Lipinski definition) is 2. The van der Waals surface area contributed by atoms with Gasteiger partial charge in [0.1, 0.15) is 5.75 Å². The van der Waals surface area contributed by atoms with E-state index in [9.17, 15) is 0 Å². The Bertz CT molecular complexity index is 337. The number of benzene rings is 1. The highest BCUT2D eigenvalue weighted by Gasteiger charge is 2.26. The second kappa shape index (κ2) is 6.82. The Morgan fingerprint density at radius 2 is 1.94 bits per heavy atom. The SMILES string of the molecule is CCCCCO[Si](C)(C)Oc1cccc(C)c1. The van der Waals surface area contributed by atoms with Gasteiger partial charge in [0, 0.05) is 6.61 Å². The third-order valence-electron chi connectivity index (χ3n) is 2.55. The second-order valence-electron chi connectivity index (χ2n) is 4.87. The van der Waals surface area contributed by atoms with E-state index in [2.05, 4.69) is 39.1 Å². The fourth-order valence-corrected chi connectivity index (χ4v) is 3.05. The van der Waals surface area contributed by atoms with Gasteiger partial charge < -0.3 is 8.85 Å². The molecule has 1 rings (SSSR count). The summed E-state index contributed by atoms with van der Waals surface area (Å²) in [4.78, 5) is 0. The molecule has 0 N–H and O–H groups in total. The lowest BCUT2D eigenvalue weighted by atomic mass is 10.2. The molecule has 96 valence electrons. The molecule has 3 heteroatoms. The molecule has 1 aromatic carbocycles. The molecular weight excluding hydrogens is 228 g/mol. The lowest BCUT2D eigenvalue weighted by molar-refractivity contribution is 0.241. The van der Waals surface area contributed by atoms with Crippen molar-refractivity contribution in [2.45, 2.75) is 46.2 Å². The molecule has 0 spiro atoms. The van der Waals surface area contributed by atoms with E-state index < -0.39 is 8.56 Å². The molecule has 0 saturated carbocycles. The molecule has 1 aromatic rings. The standard InChI is InChI=1S/C14H24O2Si/c1-5-6-7-11-15-17(3,4)16-14-10-8-9-13(2)12-14/h8-10,12H,5-7,11H2,1-4H3. The van der Waals surface area contributed by atoms with Crippen LogP contribution >= 0.6 is 0 Å². The molecule has 0 unspecified atom stereocenters. The maximum absolute atomic E-state index is 5.98. The lowest BCUT2D eigenvalue weighted by Crippen LogP contribution is -2.38. The van der Waals surface area contributed by atoms with Crippen LogP contribution in [0.25, 0.3) is 0 Å². The fourth-order valence-electron chi connectivity index (χ4n) is 1.66. The number of rotatable bonds is 7. The van der Waals surface area contributed by atoms with Gasteiger partial charge in [-0.2, -0.15) is 0 Å². The van der Waals surface area contributed by atoms with Crippen molar-refractivity contribution in [2.24, 2.45) is 0 Å². The zero-order valence-electron chi connectivity index (χ0n) is 11.5. The van der Waals surface area contributed by atoms with Crippen molar-refractivity contribution in [3.63, 3.8) is 0 Å². The van der Waals surface area contributed by atoms with Crippen LogP contribution in [0.3, 0.4) is 0 Å². The molecule has 0 aromatic heterocycles. The zero-order chi connectivity index (χ0) is 12.7. The summed E-state index contributed by atoms with van der Waals surface area (Å²) in [5.41, 5.74) is 1.22. The van der Waals surface area contributed by atoms with Gasteiger partial charge in [0.15, 0.2) is 0 Å². The monoisotopic (exact) mass is 252 g/mol. The van der Waals surface area contributed by atoms with E-state index in [1.807, 2.05) is 12.1 Å². The number of unbranched alkanes of at least 4 members (excludes halogenated alkanes) is 2. The van der Waals surface area contributed by atoms with Crippen molar-refractivity contribution < 1.29 is 8.85 Å². The van der Waals surface area contributed by atoms with Crippen LogP contribution in [-0.4, -0.2) is 15.2 Å². The van der Waals surface area contributed by atoms with Gasteiger partial charge >= 0.3 is 8.56 Å². The lowest BCUT2D eigenvalue weighted by Gasteiger charge is -2.24. The van der Waals surface area contributed by atoms with E-state index in [4.69, 9.17) is 8.85 Å². The molecule has 0 atom stereocenters. The largest absolute Gasteiger partial charge is 0.520 e. The van der Waals surface area contributed by atoms with Gasteiger partial charge in [-0.25, -0.2) is 0 Å². The van der Waals surface area contributed by atoms with Crippen LogP contribution in [0.4, 0.5) is 0 Å². The Balaban J connectivity index is 2.42. The molecule has 0 aliphatic rings. The quantitative estimate of drug-likeness (QED) is 0.532. The number of hydrogen-bond donors (Lipinski definition) is 0. The van der Waals surface area contributed by atoms with Crippen LogP contribution in [0.15, 0.2) is 24.3 Å². The summed E-state index contributed by atoms with van der Waals surface area (Å²) in [6.45, 7) is 9.29. The molecule has 0 radical (unpaired) electrons. The van der Waals surface area contributed by atoms with Crippen molar-refractivity contribution in [3.8, 4) is 5.75 Å². The van der Waals surface area contributed by atoms with Gasteiger partial charge in [0.25, 0.3) is 0 Å². The summed E-state index contributed by atoms with van der Waals surface area (Å²) in [6.07, 6.45) is 3.59. The van der Waals surface area contributed by atoms with Gasteiger partial charge in [-0.1, -0.05) is 31.9 Å². The molecular formula is C14H24O2Si. The smallest absolute Gasteiger partial charge is 0.392 e. The van der Waals surface area contributed by atoms with E-state index in [0.717, 1.165) is 18.8 Å². The van der Waals surface area contributed by atoms with E-state index >= 15 is 0 Å². The van der Waals surface area contributed by atoms with Crippen molar-refractivity contribution in [1.82, 2.24) is 0 Å². The first-order valence-electron chi connectivity index (χ1n) is 6.43. The molecule has 0 saturated heterocycles. The summed E-state index contributed by atoms with van der Waals surface area (Å²) >= 11 is 0. The van der Waals surface area contributed by atoms with Crippen molar-refractivity contribution in [2.75, 3.05) is 6.61 Å². The first-order chi connectivity index (χ1) is 8.03. The first-order valence-corrected chi connectivity index (χ1v) is 9.25. The van der Waals surface area contributed by atoms with Gasteiger partial charge in [0.05, 0.1) is 0 Å². The number of aryl methyl sites for hydroxylation is 1. The normalized spacial score (nSPS) is 11.5. The molecule has 0 bridgehead atoms. The molecule has 0 fully saturated rings. The van der Waals surface area contributed by atoms with Gasteiger partial charge in [-0.05, 0) is 44.1 Å². The van der Waals surface area contributed by atoms with Crippen LogP contribution in [0.1, 0.15) is 31.7 Å². The van der Waals surface area contributed by atoms with Crippen LogP contribution in [0.2, 0.25) is 13.1 Å². The highest BCUT2D eigenvalue weighted by Crippen LogP contribution is 2.18. The first kappa shape index (κ1) is 14.3. The summed E-state index contributed by atoms with van der Waals surface area (Å²) in [6, 6.07) is 8.15. The summed E-state index contributed by atoms with van der Waals surface area (Å²) in [7, 11) is -2.02. The average Bonchev–Trinajstić information content (AvgIpc) is 2.24. The summed E-state index contributed by atoms with van der Waals surface area (Å²) in [5, 5.41) is 0. The van der Waals surface area contributed by atoms with Crippen LogP contribution in [-0.2, 0) is 4.43 Å². The second-order valence-corrected chi connectivity index (χ2v) is 8.17. The minimum atomic E-state index is -2.02. The minimum Gasteiger partial charge on any atom is -0.520 e. The Morgan fingerprint density at radius 1 is 1.18 bits per heavy atom. The maximum Gasteiger partial charge on any atom is 0.392 e. The Morgan fingerprint density at radius 3 is 2.59 bits per heavy atom. The van der Waals surface area contributed by atoms with Crippen LogP contribution in [0, 0.1) is 6.92 Å². The Kier molecular flexibility index (Phi) is 5.72.